The van der Waals surface area contributed by atoms with Crippen LogP contribution in [0.15, 0.2) is 72.8 Å². The van der Waals surface area contributed by atoms with Crippen LogP contribution in [0.25, 0.3) is 0 Å². The van der Waals surface area contributed by atoms with Crippen molar-refractivity contribution in [3.8, 4) is 0 Å². The van der Waals surface area contributed by atoms with Crippen LogP contribution in [0.4, 0.5) is 5.69 Å². The van der Waals surface area contributed by atoms with Crippen LogP contribution in [0, 0.1) is 13.8 Å². The van der Waals surface area contributed by atoms with E-state index >= 15 is 0 Å². The maximum atomic E-state index is 6.02. The molecule has 0 aliphatic heterocycles. The predicted octanol–water partition coefficient (Wildman–Crippen LogP) is 5.10. The molecular weight excluding hydrogens is 345 g/mol. The second kappa shape index (κ2) is 8.72. The van der Waals surface area contributed by atoms with E-state index in [0.717, 1.165) is 5.69 Å². The average molecular weight is 378 g/mol. The van der Waals surface area contributed by atoms with E-state index in [1.54, 1.807) is 0 Å². The summed E-state index contributed by atoms with van der Waals surface area (Å²) >= 11 is 0. The SMILES string of the molecule is CCCCC[PH](c1ccc(C)cc1)(c1ccc(C)cc1)c1ccc(N)cc1. The van der Waals surface area contributed by atoms with Crippen LogP contribution < -0.4 is 21.6 Å². The Bertz CT molecular complexity index is 737. The van der Waals surface area contributed by atoms with Crippen molar-refractivity contribution in [3.63, 3.8) is 0 Å². The van der Waals surface area contributed by atoms with Crippen molar-refractivity contribution in [2.24, 2.45) is 0 Å². The molecule has 0 spiro atoms. The minimum atomic E-state index is -2.09. The standard InChI is InChI=1S/C25H32NP/c1-4-5-6-19-27(23-13-7-20(2)8-14-23,24-15-9-21(3)10-16-24)25-17-11-22(26)12-18-25/h7-18,27H,4-6,19,26H2,1-3H3. The quantitative estimate of drug-likeness (QED) is 0.346. The molecule has 2 heteroatoms. The topological polar surface area (TPSA) is 26.0 Å². The molecule has 1 nitrogen and oxygen atoms in total. The first-order valence-electron chi connectivity index (χ1n) is 10.1. The fourth-order valence-corrected chi connectivity index (χ4v) is 8.87. The number of unbranched alkanes of at least 4 members (excludes halogenated alkanes) is 2. The number of aryl methyl sites for hydroxylation is 2. The van der Waals surface area contributed by atoms with Gasteiger partial charge in [0, 0.05) is 0 Å². The molecule has 0 heterocycles. The summed E-state index contributed by atoms with van der Waals surface area (Å²) in [4.78, 5) is 0. The van der Waals surface area contributed by atoms with Gasteiger partial charge in [0.25, 0.3) is 0 Å². The summed E-state index contributed by atoms with van der Waals surface area (Å²) in [5.41, 5.74) is 9.49. The van der Waals surface area contributed by atoms with Gasteiger partial charge in [-0.05, 0) is 0 Å². The van der Waals surface area contributed by atoms with E-state index in [1.165, 1.54) is 52.5 Å². The van der Waals surface area contributed by atoms with Crippen molar-refractivity contribution < 1.29 is 0 Å². The molecule has 3 aromatic carbocycles. The van der Waals surface area contributed by atoms with Crippen LogP contribution in [0.5, 0.6) is 0 Å². The van der Waals surface area contributed by atoms with Gasteiger partial charge in [-0.25, -0.2) is 0 Å². The van der Waals surface area contributed by atoms with Crippen LogP contribution in [0.1, 0.15) is 37.3 Å². The second-order valence-corrected chi connectivity index (χ2v) is 11.8. The molecule has 27 heavy (non-hydrogen) atoms. The average Bonchev–Trinajstić information content (AvgIpc) is 2.68. The van der Waals surface area contributed by atoms with E-state index in [-0.39, 0.29) is 0 Å². The Morgan fingerprint density at radius 3 is 1.44 bits per heavy atom. The van der Waals surface area contributed by atoms with Crippen LogP contribution in [0.2, 0.25) is 0 Å². The zero-order chi connectivity index (χ0) is 19.3. The van der Waals surface area contributed by atoms with Gasteiger partial charge in [0.2, 0.25) is 0 Å². The van der Waals surface area contributed by atoms with Gasteiger partial charge in [-0.2, -0.15) is 0 Å². The molecular formula is C25H32NP. The number of benzene rings is 3. The molecule has 0 aromatic heterocycles. The van der Waals surface area contributed by atoms with E-state index < -0.39 is 7.26 Å². The van der Waals surface area contributed by atoms with Crippen LogP contribution in [-0.2, 0) is 0 Å². The number of rotatable bonds is 7. The van der Waals surface area contributed by atoms with Gasteiger partial charge in [-0.3, -0.25) is 0 Å². The van der Waals surface area contributed by atoms with Crippen molar-refractivity contribution in [1.29, 1.82) is 0 Å². The zero-order valence-electron chi connectivity index (χ0n) is 16.8. The van der Waals surface area contributed by atoms with Crippen molar-refractivity contribution in [2.75, 3.05) is 11.9 Å². The summed E-state index contributed by atoms with van der Waals surface area (Å²) in [5.74, 6) is 0. The first-order chi connectivity index (χ1) is 13.1. The van der Waals surface area contributed by atoms with Gasteiger partial charge in [0.1, 0.15) is 0 Å². The number of nitrogens with two attached hydrogens (primary N) is 1. The van der Waals surface area contributed by atoms with Gasteiger partial charge in [0.15, 0.2) is 0 Å². The van der Waals surface area contributed by atoms with E-state index in [1.807, 2.05) is 0 Å². The van der Waals surface area contributed by atoms with Gasteiger partial charge in [-0.1, -0.05) is 0 Å². The van der Waals surface area contributed by atoms with E-state index in [2.05, 4.69) is 93.6 Å². The molecule has 0 aliphatic rings. The van der Waals surface area contributed by atoms with Crippen molar-refractivity contribution >= 4 is 28.9 Å². The van der Waals surface area contributed by atoms with Crippen LogP contribution >= 0.6 is 7.26 Å². The third kappa shape index (κ3) is 4.25. The molecule has 0 amide bonds. The molecule has 3 rings (SSSR count). The monoisotopic (exact) mass is 377 g/mol. The Kier molecular flexibility index (Phi) is 6.34. The Morgan fingerprint density at radius 1 is 0.630 bits per heavy atom. The third-order valence-corrected chi connectivity index (χ3v) is 10.7. The summed E-state index contributed by atoms with van der Waals surface area (Å²) < 4.78 is 0. The van der Waals surface area contributed by atoms with Crippen molar-refractivity contribution in [2.45, 2.75) is 40.0 Å². The van der Waals surface area contributed by atoms with Gasteiger partial charge in [0.05, 0.1) is 0 Å². The van der Waals surface area contributed by atoms with Gasteiger partial charge >= 0.3 is 165 Å². The number of nitrogen functional groups attached to an aromatic ring is 1. The molecule has 142 valence electrons. The zero-order valence-corrected chi connectivity index (χ0v) is 17.8. The third-order valence-electron chi connectivity index (χ3n) is 5.65. The Hall–Kier alpha value is -2.11. The Balaban J connectivity index is 2.23. The first kappa shape index (κ1) is 19.6. The molecule has 0 aliphatic carbocycles. The molecule has 0 saturated carbocycles. The summed E-state index contributed by atoms with van der Waals surface area (Å²) in [6.07, 6.45) is 5.02. The second-order valence-electron chi connectivity index (χ2n) is 7.72. The summed E-state index contributed by atoms with van der Waals surface area (Å²) in [6.45, 7) is 6.61. The fourth-order valence-electron chi connectivity index (χ4n) is 4.02. The number of hydrogen-bond donors (Lipinski definition) is 1. The summed E-state index contributed by atoms with van der Waals surface area (Å²) in [6, 6.07) is 27.2. The Labute approximate surface area is 165 Å². The molecule has 0 atom stereocenters. The normalized spacial score (nSPS) is 12.1. The summed E-state index contributed by atoms with van der Waals surface area (Å²) in [5, 5.41) is 4.45. The fraction of sp³-hybridized carbons (Fsp3) is 0.280. The molecule has 0 unspecified atom stereocenters. The van der Waals surface area contributed by atoms with E-state index in [0.29, 0.717) is 0 Å². The van der Waals surface area contributed by atoms with Crippen molar-refractivity contribution in [1.82, 2.24) is 0 Å². The molecule has 2 N–H and O–H groups in total. The van der Waals surface area contributed by atoms with Crippen LogP contribution in [0.3, 0.4) is 0 Å². The van der Waals surface area contributed by atoms with Gasteiger partial charge < -0.3 is 0 Å². The number of anilines is 1. The maximum absolute atomic E-state index is 6.02. The van der Waals surface area contributed by atoms with Crippen molar-refractivity contribution in [3.05, 3.63) is 83.9 Å². The molecule has 0 bridgehead atoms. The molecule has 0 radical (unpaired) electrons. The van der Waals surface area contributed by atoms with E-state index in [9.17, 15) is 0 Å². The molecule has 3 aromatic rings. The van der Waals surface area contributed by atoms with Crippen LogP contribution in [-0.4, -0.2) is 6.16 Å². The predicted molar refractivity (Wildman–Crippen MR) is 125 cm³/mol. The summed E-state index contributed by atoms with van der Waals surface area (Å²) in [7, 11) is -2.09. The Morgan fingerprint density at radius 2 is 1.04 bits per heavy atom. The molecule has 0 saturated heterocycles. The molecule has 0 fully saturated rings. The van der Waals surface area contributed by atoms with Gasteiger partial charge in [-0.15, -0.1) is 0 Å². The number of hydrogen-bond acceptors (Lipinski definition) is 1. The van der Waals surface area contributed by atoms with E-state index in [4.69, 9.17) is 5.73 Å². The minimum absolute atomic E-state index is 0.836. The first-order valence-corrected chi connectivity index (χ1v) is 12.3.